The van der Waals surface area contributed by atoms with Crippen molar-refractivity contribution in [1.29, 1.82) is 0 Å². The summed E-state index contributed by atoms with van der Waals surface area (Å²) in [6, 6.07) is 3.77. The van der Waals surface area contributed by atoms with Crippen molar-refractivity contribution in [2.24, 2.45) is 0 Å². The minimum absolute atomic E-state index is 0.0833. The molecular weight excluding hydrogens is 151 g/mol. The Balaban J connectivity index is 3.21. The summed E-state index contributed by atoms with van der Waals surface area (Å²) in [5.74, 6) is 1.14. The van der Waals surface area contributed by atoms with Gasteiger partial charge in [-0.1, -0.05) is 26.0 Å². The summed E-state index contributed by atoms with van der Waals surface area (Å²) in [6.07, 6.45) is 0. The van der Waals surface area contributed by atoms with E-state index in [1.54, 1.807) is 13.8 Å². The molecule has 0 fully saturated rings. The average molecular weight is 165 g/mol. The number of rotatable bonds is 1. The quantitative estimate of drug-likeness (QED) is 0.598. The van der Waals surface area contributed by atoms with Gasteiger partial charge in [0, 0.05) is 0 Å². The van der Waals surface area contributed by atoms with Crippen LogP contribution in [-0.2, 0) is 0 Å². The van der Waals surface area contributed by atoms with Crippen LogP contribution in [0.3, 0.4) is 0 Å². The Bertz CT molecular complexity index is 264. The molecule has 0 unspecified atom stereocenters. The van der Waals surface area contributed by atoms with Crippen LogP contribution in [0.2, 0.25) is 0 Å². The lowest BCUT2D eigenvalue weighted by molar-refractivity contribution is 0.608. The van der Waals surface area contributed by atoms with E-state index >= 15 is 0 Å². The van der Waals surface area contributed by atoms with E-state index in [-0.39, 0.29) is 5.82 Å². The van der Waals surface area contributed by atoms with Crippen LogP contribution < -0.4 is 0 Å². The SMILES string of the molecule is C[C](C)c1cc(C)c(F)c(C)c1. The van der Waals surface area contributed by atoms with Crippen molar-refractivity contribution in [2.75, 3.05) is 0 Å². The van der Waals surface area contributed by atoms with Gasteiger partial charge in [0.25, 0.3) is 0 Å². The van der Waals surface area contributed by atoms with Crippen LogP contribution in [0.4, 0.5) is 4.39 Å². The smallest absolute Gasteiger partial charge is 0.129 e. The molecule has 0 heterocycles. The standard InChI is InChI=1S/C11H14F/c1-7(2)10-5-8(3)11(12)9(4)6-10/h5-6H,1-4H3. The fraction of sp³-hybridized carbons (Fsp3) is 0.364. The van der Waals surface area contributed by atoms with Crippen molar-refractivity contribution in [3.05, 3.63) is 40.6 Å². The fourth-order valence-corrected chi connectivity index (χ4v) is 1.23. The molecule has 0 aliphatic heterocycles. The van der Waals surface area contributed by atoms with Crippen LogP contribution in [0, 0.1) is 25.6 Å². The van der Waals surface area contributed by atoms with Crippen LogP contribution in [0.1, 0.15) is 30.5 Å². The van der Waals surface area contributed by atoms with E-state index in [9.17, 15) is 4.39 Å². The van der Waals surface area contributed by atoms with Gasteiger partial charge in [-0.05, 0) is 36.5 Å². The summed E-state index contributed by atoms with van der Waals surface area (Å²) in [4.78, 5) is 0. The largest absolute Gasteiger partial charge is 0.206 e. The van der Waals surface area contributed by atoms with Gasteiger partial charge < -0.3 is 0 Å². The first-order valence-corrected chi connectivity index (χ1v) is 4.09. The number of aryl methyl sites for hydroxylation is 2. The van der Waals surface area contributed by atoms with E-state index in [1.165, 1.54) is 5.92 Å². The Kier molecular flexibility index (Phi) is 2.51. The zero-order valence-corrected chi connectivity index (χ0v) is 8.03. The van der Waals surface area contributed by atoms with Crippen LogP contribution in [0.5, 0.6) is 0 Å². The number of hydrogen-bond donors (Lipinski definition) is 0. The van der Waals surface area contributed by atoms with Gasteiger partial charge in [-0.25, -0.2) is 4.39 Å². The second kappa shape index (κ2) is 3.26. The minimum Gasteiger partial charge on any atom is -0.206 e. The highest BCUT2D eigenvalue weighted by Crippen LogP contribution is 2.20. The molecule has 1 radical (unpaired) electrons. The van der Waals surface area contributed by atoms with E-state index in [1.807, 2.05) is 26.0 Å². The van der Waals surface area contributed by atoms with Gasteiger partial charge in [0.15, 0.2) is 0 Å². The number of hydrogen-bond acceptors (Lipinski definition) is 0. The average Bonchev–Trinajstić information content (AvgIpc) is 1.99. The third-order valence-corrected chi connectivity index (χ3v) is 2.01. The van der Waals surface area contributed by atoms with Gasteiger partial charge in [-0.3, -0.25) is 0 Å². The first-order chi connectivity index (χ1) is 5.52. The second-order valence-electron chi connectivity index (χ2n) is 3.42. The van der Waals surface area contributed by atoms with Crippen molar-refractivity contribution in [2.45, 2.75) is 27.7 Å². The summed E-state index contributed by atoms with van der Waals surface area (Å²) >= 11 is 0. The van der Waals surface area contributed by atoms with Crippen molar-refractivity contribution >= 4 is 0 Å². The zero-order valence-electron chi connectivity index (χ0n) is 8.03. The first-order valence-electron chi connectivity index (χ1n) is 4.09. The summed E-state index contributed by atoms with van der Waals surface area (Å²) in [5, 5.41) is 0. The molecule has 0 N–H and O–H groups in total. The molecule has 1 rings (SSSR count). The van der Waals surface area contributed by atoms with Crippen molar-refractivity contribution in [3.8, 4) is 0 Å². The van der Waals surface area contributed by atoms with Gasteiger partial charge in [-0.15, -0.1) is 0 Å². The molecule has 1 aromatic rings. The topological polar surface area (TPSA) is 0 Å². The maximum Gasteiger partial charge on any atom is 0.129 e. The van der Waals surface area contributed by atoms with Gasteiger partial charge in [0.1, 0.15) is 5.82 Å². The Hall–Kier alpha value is -0.850. The Morgan fingerprint density at radius 1 is 1.08 bits per heavy atom. The summed E-state index contributed by atoms with van der Waals surface area (Å²) < 4.78 is 13.2. The van der Waals surface area contributed by atoms with Crippen molar-refractivity contribution < 1.29 is 4.39 Å². The van der Waals surface area contributed by atoms with E-state index < -0.39 is 0 Å². The molecule has 0 aliphatic carbocycles. The maximum atomic E-state index is 13.2. The molecule has 0 saturated carbocycles. The molecule has 0 nitrogen and oxygen atoms in total. The highest BCUT2D eigenvalue weighted by Gasteiger charge is 2.06. The van der Waals surface area contributed by atoms with Crippen molar-refractivity contribution in [1.82, 2.24) is 0 Å². The lowest BCUT2D eigenvalue weighted by Gasteiger charge is -2.08. The highest BCUT2D eigenvalue weighted by atomic mass is 19.1. The Morgan fingerprint density at radius 3 is 1.83 bits per heavy atom. The zero-order chi connectivity index (χ0) is 9.30. The number of halogens is 1. The van der Waals surface area contributed by atoms with Crippen LogP contribution in [-0.4, -0.2) is 0 Å². The summed E-state index contributed by atoms with van der Waals surface area (Å²) in [7, 11) is 0. The Labute approximate surface area is 73.4 Å². The van der Waals surface area contributed by atoms with E-state index in [4.69, 9.17) is 0 Å². The van der Waals surface area contributed by atoms with Crippen LogP contribution >= 0.6 is 0 Å². The molecule has 0 aromatic heterocycles. The van der Waals surface area contributed by atoms with Gasteiger partial charge in [0.05, 0.1) is 0 Å². The highest BCUT2D eigenvalue weighted by molar-refractivity contribution is 5.37. The molecule has 0 spiro atoms. The lowest BCUT2D eigenvalue weighted by atomic mass is 9.98. The van der Waals surface area contributed by atoms with E-state index in [2.05, 4.69) is 0 Å². The van der Waals surface area contributed by atoms with E-state index in [0.717, 1.165) is 16.7 Å². The predicted molar refractivity (Wildman–Crippen MR) is 49.6 cm³/mol. The third-order valence-electron chi connectivity index (χ3n) is 2.01. The minimum atomic E-state index is -0.0833. The first kappa shape index (κ1) is 9.24. The Morgan fingerprint density at radius 2 is 1.50 bits per heavy atom. The molecule has 1 aromatic carbocycles. The number of benzene rings is 1. The normalized spacial score (nSPS) is 10.8. The summed E-state index contributed by atoms with van der Waals surface area (Å²) in [5.41, 5.74) is 2.59. The molecule has 0 atom stereocenters. The molecule has 0 saturated heterocycles. The molecular formula is C11H14F. The summed E-state index contributed by atoms with van der Waals surface area (Å²) in [6.45, 7) is 7.67. The van der Waals surface area contributed by atoms with Gasteiger partial charge in [-0.2, -0.15) is 0 Å². The predicted octanol–water partition coefficient (Wildman–Crippen LogP) is 3.40. The lowest BCUT2D eigenvalue weighted by Crippen LogP contribution is -1.94. The van der Waals surface area contributed by atoms with Crippen LogP contribution in [0.25, 0.3) is 0 Å². The van der Waals surface area contributed by atoms with E-state index in [0.29, 0.717) is 0 Å². The molecule has 0 bridgehead atoms. The second-order valence-corrected chi connectivity index (χ2v) is 3.42. The molecule has 0 aliphatic rings. The monoisotopic (exact) mass is 165 g/mol. The molecule has 65 valence electrons. The fourth-order valence-electron chi connectivity index (χ4n) is 1.23. The van der Waals surface area contributed by atoms with Gasteiger partial charge >= 0.3 is 0 Å². The van der Waals surface area contributed by atoms with Crippen LogP contribution in [0.15, 0.2) is 12.1 Å². The maximum absolute atomic E-state index is 13.2. The third kappa shape index (κ3) is 1.66. The molecule has 0 amide bonds. The van der Waals surface area contributed by atoms with Crippen molar-refractivity contribution in [3.63, 3.8) is 0 Å². The molecule has 1 heteroatoms. The molecule has 12 heavy (non-hydrogen) atoms. The van der Waals surface area contributed by atoms with Gasteiger partial charge in [0.2, 0.25) is 0 Å².